The molecule has 0 radical (unpaired) electrons. The molecule has 0 bridgehead atoms. The minimum atomic E-state index is -0.678. The number of urea groups is 1. The number of thioether (sulfide) groups is 1. The van der Waals surface area contributed by atoms with Crippen molar-refractivity contribution in [1.82, 2.24) is 10.2 Å². The summed E-state index contributed by atoms with van der Waals surface area (Å²) in [5, 5.41) is 2.31. The second kappa shape index (κ2) is 5.73. The molecule has 0 aliphatic carbocycles. The van der Waals surface area contributed by atoms with E-state index < -0.39 is 17.9 Å². The second-order valence-corrected chi connectivity index (χ2v) is 5.91. The van der Waals surface area contributed by atoms with Crippen molar-refractivity contribution in [3.05, 3.63) is 0 Å². The summed E-state index contributed by atoms with van der Waals surface area (Å²) in [7, 11) is 0. The summed E-state index contributed by atoms with van der Waals surface area (Å²) in [5.74, 6) is 0.514. The van der Waals surface area contributed by atoms with Gasteiger partial charge >= 0.3 is 6.03 Å². The third-order valence-electron chi connectivity index (χ3n) is 3.43. The molecule has 0 aromatic carbocycles. The number of carbonyl (C=O) groups excluding carboxylic acids is 3. The van der Waals surface area contributed by atoms with Gasteiger partial charge in [-0.1, -0.05) is 13.3 Å². The molecule has 1 unspecified atom stereocenters. The van der Waals surface area contributed by atoms with Gasteiger partial charge in [0.05, 0.1) is 0 Å². The molecule has 2 saturated heterocycles. The monoisotopic (exact) mass is 270 g/mol. The van der Waals surface area contributed by atoms with Crippen LogP contribution >= 0.6 is 11.8 Å². The highest BCUT2D eigenvalue weighted by Gasteiger charge is 2.43. The van der Waals surface area contributed by atoms with Gasteiger partial charge in [-0.2, -0.15) is 11.8 Å². The fourth-order valence-electron chi connectivity index (χ4n) is 2.47. The molecule has 0 aromatic heterocycles. The lowest BCUT2D eigenvalue weighted by Gasteiger charge is -2.37. The molecule has 0 aromatic rings. The van der Waals surface area contributed by atoms with Crippen LogP contribution in [0, 0.1) is 5.92 Å². The van der Waals surface area contributed by atoms with E-state index in [1.54, 1.807) is 0 Å². The lowest BCUT2D eigenvalue weighted by atomic mass is 9.97. The summed E-state index contributed by atoms with van der Waals surface area (Å²) < 4.78 is 0. The third-order valence-corrected chi connectivity index (χ3v) is 4.48. The van der Waals surface area contributed by atoms with Crippen molar-refractivity contribution in [3.8, 4) is 0 Å². The molecule has 2 heterocycles. The molecule has 4 amide bonds. The quantitative estimate of drug-likeness (QED) is 0.787. The Morgan fingerprint density at radius 1 is 1.28 bits per heavy atom. The van der Waals surface area contributed by atoms with Crippen LogP contribution in [0.25, 0.3) is 0 Å². The Hall–Kier alpha value is -1.04. The average Bonchev–Trinajstić information content (AvgIpc) is 2.35. The largest absolute Gasteiger partial charge is 0.331 e. The van der Waals surface area contributed by atoms with Crippen LogP contribution in [-0.4, -0.2) is 40.3 Å². The summed E-state index contributed by atoms with van der Waals surface area (Å²) in [6.07, 6.45) is 2.93. The fraction of sp³-hybridized carbons (Fsp3) is 0.750. The molecule has 1 N–H and O–H groups in total. The van der Waals surface area contributed by atoms with E-state index >= 15 is 0 Å². The van der Waals surface area contributed by atoms with Gasteiger partial charge in [-0.25, -0.2) is 4.79 Å². The maximum atomic E-state index is 12.3. The van der Waals surface area contributed by atoms with Crippen LogP contribution in [0.4, 0.5) is 4.79 Å². The van der Waals surface area contributed by atoms with E-state index in [4.69, 9.17) is 0 Å². The zero-order valence-electron chi connectivity index (χ0n) is 10.5. The number of imide groups is 2. The Labute approximate surface area is 111 Å². The van der Waals surface area contributed by atoms with Gasteiger partial charge in [0.2, 0.25) is 11.8 Å². The van der Waals surface area contributed by atoms with E-state index in [1.165, 1.54) is 4.90 Å². The van der Waals surface area contributed by atoms with Gasteiger partial charge in [-0.15, -0.1) is 0 Å². The standard InChI is InChI=1S/C12H18N2O3S/c1-2-3-9-10(15)13-12(17)14(11(9)16)8-4-6-18-7-5-8/h8-9H,2-7H2,1H3,(H,13,15,17). The molecular weight excluding hydrogens is 252 g/mol. The first-order chi connectivity index (χ1) is 8.65. The molecular formula is C12H18N2O3S. The molecule has 0 spiro atoms. The van der Waals surface area contributed by atoms with Crippen LogP contribution in [0.5, 0.6) is 0 Å². The van der Waals surface area contributed by atoms with E-state index in [1.807, 2.05) is 18.7 Å². The highest BCUT2D eigenvalue weighted by atomic mass is 32.2. The Morgan fingerprint density at radius 3 is 2.56 bits per heavy atom. The topological polar surface area (TPSA) is 66.5 Å². The molecule has 100 valence electrons. The zero-order valence-corrected chi connectivity index (χ0v) is 11.3. The van der Waals surface area contributed by atoms with Crippen molar-refractivity contribution in [2.75, 3.05) is 11.5 Å². The van der Waals surface area contributed by atoms with Gasteiger partial charge in [0.1, 0.15) is 5.92 Å². The number of hydrogen-bond donors (Lipinski definition) is 1. The first kappa shape index (κ1) is 13.4. The number of carbonyl (C=O) groups is 3. The van der Waals surface area contributed by atoms with E-state index in [2.05, 4.69) is 5.32 Å². The molecule has 2 aliphatic rings. The lowest BCUT2D eigenvalue weighted by molar-refractivity contribution is -0.144. The fourth-order valence-corrected chi connectivity index (χ4v) is 3.55. The maximum absolute atomic E-state index is 12.3. The number of hydrogen-bond acceptors (Lipinski definition) is 4. The average molecular weight is 270 g/mol. The lowest BCUT2D eigenvalue weighted by Crippen LogP contribution is -2.61. The van der Waals surface area contributed by atoms with Gasteiger partial charge < -0.3 is 0 Å². The summed E-state index contributed by atoms with van der Waals surface area (Å²) in [5.41, 5.74) is 0. The predicted molar refractivity (Wildman–Crippen MR) is 69.1 cm³/mol. The van der Waals surface area contributed by atoms with E-state index in [-0.39, 0.29) is 11.9 Å². The van der Waals surface area contributed by atoms with Crippen LogP contribution in [-0.2, 0) is 9.59 Å². The molecule has 1 atom stereocenters. The minimum absolute atomic E-state index is 0.0359. The first-order valence-corrected chi connectivity index (χ1v) is 7.56. The van der Waals surface area contributed by atoms with Crippen LogP contribution in [0.3, 0.4) is 0 Å². The van der Waals surface area contributed by atoms with E-state index in [9.17, 15) is 14.4 Å². The van der Waals surface area contributed by atoms with Crippen molar-refractivity contribution in [3.63, 3.8) is 0 Å². The second-order valence-electron chi connectivity index (χ2n) is 4.69. The first-order valence-electron chi connectivity index (χ1n) is 6.40. The maximum Gasteiger partial charge on any atom is 0.331 e. The molecule has 18 heavy (non-hydrogen) atoms. The summed E-state index contributed by atoms with van der Waals surface area (Å²) in [4.78, 5) is 37.0. The number of nitrogens with zero attached hydrogens (tertiary/aromatic N) is 1. The molecule has 5 nitrogen and oxygen atoms in total. The number of nitrogens with one attached hydrogen (secondary N) is 1. The molecule has 2 aliphatic heterocycles. The van der Waals surface area contributed by atoms with Gasteiger partial charge in [0.15, 0.2) is 0 Å². The Bertz CT molecular complexity index is 366. The molecule has 2 fully saturated rings. The normalized spacial score (nSPS) is 26.4. The highest BCUT2D eigenvalue weighted by Crippen LogP contribution is 2.26. The van der Waals surface area contributed by atoms with Crippen LogP contribution in [0.15, 0.2) is 0 Å². The van der Waals surface area contributed by atoms with Crippen LogP contribution < -0.4 is 5.32 Å². The van der Waals surface area contributed by atoms with Crippen molar-refractivity contribution in [2.24, 2.45) is 5.92 Å². The van der Waals surface area contributed by atoms with Crippen molar-refractivity contribution < 1.29 is 14.4 Å². The predicted octanol–water partition coefficient (Wildman–Crippen LogP) is 1.38. The van der Waals surface area contributed by atoms with Gasteiger partial charge in [-0.3, -0.25) is 19.8 Å². The zero-order chi connectivity index (χ0) is 13.1. The van der Waals surface area contributed by atoms with Crippen molar-refractivity contribution in [2.45, 2.75) is 38.6 Å². The molecule has 0 saturated carbocycles. The minimum Gasteiger partial charge on any atom is -0.277 e. The van der Waals surface area contributed by atoms with E-state index in [0.29, 0.717) is 6.42 Å². The Balaban J connectivity index is 2.14. The summed E-state index contributed by atoms with van der Waals surface area (Å²) in [6.45, 7) is 1.93. The number of rotatable bonds is 3. The van der Waals surface area contributed by atoms with Crippen LogP contribution in [0.2, 0.25) is 0 Å². The van der Waals surface area contributed by atoms with Crippen LogP contribution in [0.1, 0.15) is 32.6 Å². The van der Waals surface area contributed by atoms with Crippen molar-refractivity contribution in [1.29, 1.82) is 0 Å². The van der Waals surface area contributed by atoms with E-state index in [0.717, 1.165) is 30.8 Å². The smallest absolute Gasteiger partial charge is 0.277 e. The third kappa shape index (κ3) is 2.53. The number of barbiturate groups is 1. The SMILES string of the molecule is CCCC1C(=O)NC(=O)N(C2CCSCC2)C1=O. The number of amides is 4. The summed E-state index contributed by atoms with van der Waals surface area (Å²) >= 11 is 1.84. The van der Waals surface area contributed by atoms with Crippen molar-refractivity contribution >= 4 is 29.6 Å². The Morgan fingerprint density at radius 2 is 1.94 bits per heavy atom. The van der Waals surface area contributed by atoms with Gasteiger partial charge in [0.25, 0.3) is 0 Å². The van der Waals surface area contributed by atoms with Gasteiger partial charge in [-0.05, 0) is 30.8 Å². The summed E-state index contributed by atoms with van der Waals surface area (Å²) in [6, 6.07) is -0.569. The molecule has 2 rings (SSSR count). The Kier molecular flexibility index (Phi) is 4.27. The van der Waals surface area contributed by atoms with Gasteiger partial charge in [0, 0.05) is 6.04 Å². The molecule has 6 heteroatoms. The highest BCUT2D eigenvalue weighted by molar-refractivity contribution is 7.99.